The Kier molecular flexibility index (Phi) is 7.92. The van der Waals surface area contributed by atoms with Crippen molar-refractivity contribution in [3.05, 3.63) is 77.6 Å². The average molecular weight is 578 g/mol. The van der Waals surface area contributed by atoms with E-state index in [0.29, 0.717) is 59.8 Å². The number of hydrogen-bond donors (Lipinski definition) is 2. The van der Waals surface area contributed by atoms with Gasteiger partial charge in [-0.25, -0.2) is 23.5 Å². The highest BCUT2D eigenvalue weighted by atomic mass is 32.2. The van der Waals surface area contributed by atoms with Crippen molar-refractivity contribution in [3.8, 4) is 17.2 Å². The van der Waals surface area contributed by atoms with Crippen LogP contribution >= 0.6 is 0 Å². The predicted octanol–water partition coefficient (Wildman–Crippen LogP) is 3.19. The minimum absolute atomic E-state index is 0.0769. The molecular weight excluding hydrogens is 546 g/mol. The Morgan fingerprint density at radius 2 is 1.68 bits per heavy atom. The highest BCUT2D eigenvalue weighted by Crippen LogP contribution is 2.30. The first-order valence-electron chi connectivity index (χ1n) is 12.7. The Hall–Kier alpha value is -4.46. The van der Waals surface area contributed by atoms with Crippen LogP contribution in [-0.4, -0.2) is 61.3 Å². The maximum Gasteiger partial charge on any atom is 0.238 e. The topological polar surface area (TPSA) is 146 Å². The number of fused-ring (bicyclic) bond motifs is 3. The molecule has 214 valence electrons. The van der Waals surface area contributed by atoms with E-state index in [9.17, 15) is 8.42 Å². The highest BCUT2D eigenvalue weighted by Gasteiger charge is 2.18. The number of benzene rings is 3. The van der Waals surface area contributed by atoms with Crippen molar-refractivity contribution >= 4 is 32.5 Å². The quantitative estimate of drug-likeness (QED) is 0.240. The average Bonchev–Trinajstić information content (AvgIpc) is 3.39. The van der Waals surface area contributed by atoms with E-state index in [4.69, 9.17) is 34.4 Å². The number of aromatic nitrogens is 4. The molecule has 0 saturated heterocycles. The lowest BCUT2D eigenvalue weighted by atomic mass is 10.2. The number of anilines is 1. The third kappa shape index (κ3) is 6.01. The molecule has 3 aromatic carbocycles. The van der Waals surface area contributed by atoms with Crippen molar-refractivity contribution in [2.45, 2.75) is 24.5 Å². The van der Waals surface area contributed by atoms with Crippen LogP contribution in [0.2, 0.25) is 0 Å². The van der Waals surface area contributed by atoms with E-state index in [1.807, 2.05) is 48.3 Å². The number of nitrogens with zero attached hydrogens (tertiary/aromatic N) is 5. The van der Waals surface area contributed by atoms with Gasteiger partial charge in [-0.1, -0.05) is 18.2 Å². The summed E-state index contributed by atoms with van der Waals surface area (Å²) in [7, 11) is 3.03. The minimum Gasteiger partial charge on any atom is -0.497 e. The number of ether oxygens (including phenoxy) is 3. The molecule has 41 heavy (non-hydrogen) atoms. The largest absolute Gasteiger partial charge is 0.497 e. The van der Waals surface area contributed by atoms with Crippen LogP contribution < -0.4 is 24.7 Å². The van der Waals surface area contributed by atoms with E-state index in [-0.39, 0.29) is 4.90 Å². The first kappa shape index (κ1) is 28.1. The number of nitrogens with two attached hydrogens (primary N) is 1. The molecule has 12 nitrogen and oxygen atoms in total. The van der Waals surface area contributed by atoms with Crippen molar-refractivity contribution in [1.82, 2.24) is 24.5 Å². The molecule has 0 radical (unpaired) electrons. The van der Waals surface area contributed by atoms with E-state index in [1.165, 1.54) is 12.1 Å². The fraction of sp³-hybridized carbons (Fsp3) is 0.250. The Morgan fingerprint density at radius 1 is 0.927 bits per heavy atom. The SMILES string of the molecule is COc1ccc(CNc2nc3c(OC)cccc3c3nc(CN(C)Cc4ccc(S(N)(=O)=O)cc4)nn23)c(OC)c1. The van der Waals surface area contributed by atoms with Gasteiger partial charge >= 0.3 is 0 Å². The van der Waals surface area contributed by atoms with Gasteiger partial charge in [0.2, 0.25) is 16.0 Å². The Morgan fingerprint density at radius 3 is 2.37 bits per heavy atom. The van der Waals surface area contributed by atoms with Gasteiger partial charge in [-0.3, -0.25) is 4.90 Å². The summed E-state index contributed by atoms with van der Waals surface area (Å²) in [6.45, 7) is 1.41. The van der Waals surface area contributed by atoms with Gasteiger partial charge in [0.25, 0.3) is 0 Å². The Balaban J connectivity index is 1.45. The number of hydrogen-bond acceptors (Lipinski definition) is 10. The summed E-state index contributed by atoms with van der Waals surface area (Å²) in [6.07, 6.45) is 0. The van der Waals surface area contributed by atoms with Crippen LogP contribution in [0.1, 0.15) is 17.0 Å². The second-order valence-corrected chi connectivity index (χ2v) is 11.0. The molecular formula is C28H31N7O5S. The zero-order chi connectivity index (χ0) is 29.1. The molecule has 0 saturated carbocycles. The van der Waals surface area contributed by atoms with Crippen LogP contribution in [0, 0.1) is 0 Å². The predicted molar refractivity (Wildman–Crippen MR) is 155 cm³/mol. The number of sulfonamides is 1. The molecule has 3 N–H and O–H groups in total. The summed E-state index contributed by atoms with van der Waals surface area (Å²) in [4.78, 5) is 11.8. The molecule has 0 amide bonds. The van der Waals surface area contributed by atoms with Gasteiger partial charge in [0.1, 0.15) is 22.8 Å². The molecule has 0 spiro atoms. The molecule has 2 heterocycles. The normalized spacial score (nSPS) is 11.8. The maximum atomic E-state index is 11.6. The third-order valence-corrected chi connectivity index (χ3v) is 7.51. The van der Waals surface area contributed by atoms with Gasteiger partial charge in [0.15, 0.2) is 11.5 Å². The summed E-state index contributed by atoms with van der Waals surface area (Å²) in [5.41, 5.74) is 3.14. The summed E-state index contributed by atoms with van der Waals surface area (Å²) >= 11 is 0. The molecule has 0 aliphatic rings. The summed E-state index contributed by atoms with van der Waals surface area (Å²) in [5, 5.41) is 14.2. The van der Waals surface area contributed by atoms with Crippen LogP contribution in [0.5, 0.6) is 17.2 Å². The van der Waals surface area contributed by atoms with Crippen molar-refractivity contribution in [2.75, 3.05) is 33.7 Å². The van der Waals surface area contributed by atoms with E-state index in [0.717, 1.165) is 16.5 Å². The fourth-order valence-electron chi connectivity index (χ4n) is 4.56. The minimum atomic E-state index is -3.74. The zero-order valence-electron chi connectivity index (χ0n) is 23.2. The van der Waals surface area contributed by atoms with E-state index in [1.54, 1.807) is 38.0 Å². The maximum absolute atomic E-state index is 11.6. The van der Waals surface area contributed by atoms with E-state index in [2.05, 4.69) is 5.32 Å². The number of para-hydroxylation sites is 1. The molecule has 0 aliphatic heterocycles. The van der Waals surface area contributed by atoms with E-state index >= 15 is 0 Å². The smallest absolute Gasteiger partial charge is 0.238 e. The number of rotatable bonds is 11. The van der Waals surface area contributed by atoms with Crippen molar-refractivity contribution in [3.63, 3.8) is 0 Å². The van der Waals surface area contributed by atoms with Crippen molar-refractivity contribution < 1.29 is 22.6 Å². The second-order valence-electron chi connectivity index (χ2n) is 9.45. The zero-order valence-corrected chi connectivity index (χ0v) is 24.0. The van der Waals surface area contributed by atoms with Gasteiger partial charge in [-0.05, 0) is 49.0 Å². The highest BCUT2D eigenvalue weighted by molar-refractivity contribution is 7.89. The number of primary sulfonamides is 1. The second kappa shape index (κ2) is 11.6. The third-order valence-electron chi connectivity index (χ3n) is 6.58. The van der Waals surface area contributed by atoms with E-state index < -0.39 is 10.0 Å². The molecule has 0 aliphatic carbocycles. The molecule has 2 aromatic heterocycles. The summed E-state index contributed by atoms with van der Waals surface area (Å²) in [5.74, 6) is 3.10. The van der Waals surface area contributed by atoms with Gasteiger partial charge in [-0.15, -0.1) is 5.10 Å². The standard InChI is InChI=1S/C28H31N7O5S/c1-34(16-18-8-12-21(13-9-18)41(29,36)37)17-25-31-27-22-6-5-7-23(39-3)26(22)32-28(35(27)33-25)30-15-19-10-11-20(38-2)14-24(19)40-4/h5-14H,15-17H2,1-4H3,(H,30,32)(H2,29,36,37). The monoisotopic (exact) mass is 577 g/mol. The Labute approximate surface area is 237 Å². The first-order chi connectivity index (χ1) is 19.7. The first-order valence-corrected chi connectivity index (χ1v) is 14.2. The van der Waals surface area contributed by atoms with Crippen LogP contribution in [0.25, 0.3) is 16.6 Å². The molecule has 5 aromatic rings. The lowest BCUT2D eigenvalue weighted by Gasteiger charge is -2.14. The van der Waals surface area contributed by atoms with Crippen molar-refractivity contribution in [1.29, 1.82) is 0 Å². The van der Waals surface area contributed by atoms with Gasteiger partial charge < -0.3 is 19.5 Å². The summed E-state index contributed by atoms with van der Waals surface area (Å²) < 4.78 is 41.3. The van der Waals surface area contributed by atoms with Gasteiger partial charge in [-0.2, -0.15) is 4.52 Å². The van der Waals surface area contributed by atoms with Gasteiger partial charge in [0, 0.05) is 30.1 Å². The molecule has 0 fully saturated rings. The molecule has 0 atom stereocenters. The number of methoxy groups -OCH3 is 3. The van der Waals surface area contributed by atoms with Crippen molar-refractivity contribution in [2.24, 2.45) is 5.14 Å². The number of nitrogens with one attached hydrogen (secondary N) is 1. The lowest BCUT2D eigenvalue weighted by Crippen LogP contribution is -2.18. The Bertz CT molecular complexity index is 1810. The molecule has 13 heteroatoms. The fourth-order valence-corrected chi connectivity index (χ4v) is 5.08. The van der Waals surface area contributed by atoms with Crippen LogP contribution in [0.3, 0.4) is 0 Å². The van der Waals surface area contributed by atoms with Crippen LogP contribution in [0.15, 0.2) is 65.6 Å². The lowest BCUT2D eigenvalue weighted by molar-refractivity contribution is 0.311. The molecule has 5 rings (SSSR count). The summed E-state index contributed by atoms with van der Waals surface area (Å²) in [6, 6.07) is 17.8. The molecule has 0 bridgehead atoms. The molecule has 0 unspecified atom stereocenters. The van der Waals surface area contributed by atoms with Gasteiger partial charge in [0.05, 0.1) is 32.8 Å². The van der Waals surface area contributed by atoms with Crippen LogP contribution in [-0.2, 0) is 29.7 Å². The van der Waals surface area contributed by atoms with Crippen LogP contribution in [0.4, 0.5) is 5.95 Å².